The summed E-state index contributed by atoms with van der Waals surface area (Å²) in [7, 11) is 0. The van der Waals surface area contributed by atoms with E-state index >= 15 is 0 Å². The van der Waals surface area contributed by atoms with Crippen molar-refractivity contribution in [3.63, 3.8) is 0 Å². The van der Waals surface area contributed by atoms with Crippen LogP contribution in [0.4, 0.5) is 11.4 Å². The predicted molar refractivity (Wildman–Crippen MR) is 108 cm³/mol. The van der Waals surface area contributed by atoms with Crippen LogP contribution in [0.15, 0.2) is 34.8 Å². The van der Waals surface area contributed by atoms with Crippen molar-refractivity contribution in [2.45, 2.75) is 6.42 Å². The zero-order valence-corrected chi connectivity index (χ0v) is 17.0. The molecule has 0 atom stereocenters. The highest BCUT2D eigenvalue weighted by Gasteiger charge is 2.20. The van der Waals surface area contributed by atoms with Crippen LogP contribution in [0.2, 0.25) is 15.1 Å². The molecule has 3 nitrogen and oxygen atoms in total. The molecule has 0 unspecified atom stereocenters. The first kappa shape index (κ1) is 18.2. The van der Waals surface area contributed by atoms with Crippen LogP contribution in [-0.4, -0.2) is 18.2 Å². The van der Waals surface area contributed by atoms with Gasteiger partial charge in [-0.1, -0.05) is 50.7 Å². The van der Waals surface area contributed by atoms with E-state index in [0.29, 0.717) is 21.3 Å². The molecule has 3 rings (SSSR count). The Morgan fingerprint density at radius 3 is 2.62 bits per heavy atom. The topological polar surface area (TPSA) is 32.3 Å². The maximum atomic E-state index is 12.6. The van der Waals surface area contributed by atoms with Crippen molar-refractivity contribution < 1.29 is 4.79 Å². The Bertz CT molecular complexity index is 777. The van der Waals surface area contributed by atoms with Crippen LogP contribution in [0.5, 0.6) is 0 Å². The number of nitrogens with zero attached hydrogens (tertiary/aromatic N) is 1. The van der Waals surface area contributed by atoms with Crippen LogP contribution in [0.1, 0.15) is 16.8 Å². The molecule has 1 N–H and O–H groups in total. The van der Waals surface area contributed by atoms with E-state index < -0.39 is 0 Å². The second-order valence-corrected chi connectivity index (χ2v) is 8.43. The number of amides is 1. The summed E-state index contributed by atoms with van der Waals surface area (Å²) in [6, 6.07) is 8.72. The van der Waals surface area contributed by atoms with E-state index in [1.807, 2.05) is 0 Å². The summed E-state index contributed by atoms with van der Waals surface area (Å²) in [5, 5.41) is 3.92. The Morgan fingerprint density at radius 1 is 1.17 bits per heavy atom. The van der Waals surface area contributed by atoms with Crippen LogP contribution in [0, 0.1) is 0 Å². The fourth-order valence-corrected chi connectivity index (χ4v) is 4.62. The highest BCUT2D eigenvalue weighted by atomic mass is 79.9. The molecular weight excluding hydrogens is 455 g/mol. The SMILES string of the molecule is O=C(Nc1cc(Cl)cc(Br)c1)c1cc(N2CCCS2)cc(Cl)c1Cl. The van der Waals surface area contributed by atoms with Crippen LogP contribution in [-0.2, 0) is 0 Å². The molecule has 0 radical (unpaired) electrons. The largest absolute Gasteiger partial charge is 0.322 e. The Labute approximate surface area is 167 Å². The van der Waals surface area contributed by atoms with Gasteiger partial charge in [-0.2, -0.15) is 0 Å². The van der Waals surface area contributed by atoms with Crippen LogP contribution in [0.25, 0.3) is 0 Å². The second-order valence-electron chi connectivity index (χ2n) is 5.19. The fraction of sp³-hybridized carbons (Fsp3) is 0.188. The van der Waals surface area contributed by atoms with E-state index in [1.165, 1.54) is 0 Å². The van der Waals surface area contributed by atoms with Crippen molar-refractivity contribution >= 4 is 80.0 Å². The van der Waals surface area contributed by atoms with E-state index in [0.717, 1.165) is 28.9 Å². The molecule has 1 fully saturated rings. The van der Waals surface area contributed by atoms with Crippen molar-refractivity contribution in [2.24, 2.45) is 0 Å². The van der Waals surface area contributed by atoms with Gasteiger partial charge in [0, 0.05) is 33.2 Å². The van der Waals surface area contributed by atoms with Crippen molar-refractivity contribution in [3.05, 3.63) is 55.4 Å². The molecule has 0 aliphatic carbocycles. The average molecular weight is 467 g/mol. The molecule has 1 aliphatic rings. The molecule has 1 aliphatic heterocycles. The van der Waals surface area contributed by atoms with Gasteiger partial charge >= 0.3 is 0 Å². The predicted octanol–water partition coefficient (Wildman–Crippen LogP) is 6.52. The van der Waals surface area contributed by atoms with Gasteiger partial charge in [-0.15, -0.1) is 0 Å². The molecule has 1 saturated heterocycles. The zero-order valence-electron chi connectivity index (χ0n) is 12.3. The van der Waals surface area contributed by atoms with E-state index in [2.05, 4.69) is 25.6 Å². The number of carbonyl (C=O) groups excluding carboxylic acids is 1. The maximum absolute atomic E-state index is 12.6. The van der Waals surface area contributed by atoms with Gasteiger partial charge in [0.25, 0.3) is 5.91 Å². The fourth-order valence-electron chi connectivity index (χ4n) is 2.36. The Kier molecular flexibility index (Phi) is 5.88. The lowest BCUT2D eigenvalue weighted by molar-refractivity contribution is 0.102. The van der Waals surface area contributed by atoms with Crippen LogP contribution >= 0.6 is 62.7 Å². The van der Waals surface area contributed by atoms with Gasteiger partial charge in [0.2, 0.25) is 0 Å². The second kappa shape index (κ2) is 7.75. The maximum Gasteiger partial charge on any atom is 0.257 e. The summed E-state index contributed by atoms with van der Waals surface area (Å²) in [4.78, 5) is 12.6. The highest BCUT2D eigenvalue weighted by molar-refractivity contribution is 9.10. The van der Waals surface area contributed by atoms with Crippen molar-refractivity contribution in [3.8, 4) is 0 Å². The zero-order chi connectivity index (χ0) is 17.3. The smallest absolute Gasteiger partial charge is 0.257 e. The van der Waals surface area contributed by atoms with Gasteiger partial charge < -0.3 is 9.62 Å². The monoisotopic (exact) mass is 464 g/mol. The Balaban J connectivity index is 1.90. The Hall–Kier alpha value is -0.590. The summed E-state index contributed by atoms with van der Waals surface area (Å²) in [5.41, 5.74) is 1.79. The first-order valence-corrected chi connectivity index (χ1v) is 9.98. The average Bonchev–Trinajstić information content (AvgIpc) is 3.03. The summed E-state index contributed by atoms with van der Waals surface area (Å²) in [6.45, 7) is 0.922. The van der Waals surface area contributed by atoms with Gasteiger partial charge in [0.05, 0.1) is 15.6 Å². The molecule has 24 heavy (non-hydrogen) atoms. The third-order valence-electron chi connectivity index (χ3n) is 3.42. The summed E-state index contributed by atoms with van der Waals surface area (Å²) in [6.07, 6.45) is 1.10. The van der Waals surface area contributed by atoms with Gasteiger partial charge in [-0.25, -0.2) is 0 Å². The van der Waals surface area contributed by atoms with Crippen LogP contribution < -0.4 is 9.62 Å². The number of nitrogens with one attached hydrogen (secondary N) is 1. The molecule has 126 valence electrons. The molecule has 0 aromatic heterocycles. The number of halogens is 4. The standard InChI is InChI=1S/C16H12BrCl3N2OS/c17-9-4-10(18)6-11(5-9)21-16(23)13-7-12(8-14(19)15(13)20)22-2-1-3-24-22/h4-8H,1-3H2,(H,21,23). The number of benzene rings is 2. The molecule has 2 aromatic rings. The van der Waals surface area contributed by atoms with E-state index in [4.69, 9.17) is 34.8 Å². The summed E-state index contributed by atoms with van der Waals surface area (Å²) >= 11 is 23.5. The van der Waals surface area contributed by atoms with Crippen molar-refractivity contribution in [1.29, 1.82) is 0 Å². The highest BCUT2D eigenvalue weighted by Crippen LogP contribution is 2.36. The van der Waals surface area contributed by atoms with Crippen molar-refractivity contribution in [1.82, 2.24) is 0 Å². The van der Waals surface area contributed by atoms with Gasteiger partial charge in [0.1, 0.15) is 0 Å². The molecule has 1 amide bonds. The first-order chi connectivity index (χ1) is 11.4. The Morgan fingerprint density at radius 2 is 1.96 bits per heavy atom. The first-order valence-electron chi connectivity index (χ1n) is 7.11. The van der Waals surface area contributed by atoms with Crippen LogP contribution in [0.3, 0.4) is 0 Å². The molecule has 2 aromatic carbocycles. The minimum absolute atomic E-state index is 0.239. The van der Waals surface area contributed by atoms with E-state index in [1.54, 1.807) is 42.3 Å². The molecular formula is C16H12BrCl3N2OS. The number of hydrogen-bond acceptors (Lipinski definition) is 3. The van der Waals surface area contributed by atoms with Gasteiger partial charge in [-0.05, 0) is 48.7 Å². The lowest BCUT2D eigenvalue weighted by Crippen LogP contribution is -2.15. The quantitative estimate of drug-likeness (QED) is 0.523. The lowest BCUT2D eigenvalue weighted by atomic mass is 10.1. The summed E-state index contributed by atoms with van der Waals surface area (Å²) in [5.74, 6) is 0.723. The molecule has 1 heterocycles. The van der Waals surface area contributed by atoms with E-state index in [9.17, 15) is 4.79 Å². The number of carbonyl (C=O) groups is 1. The lowest BCUT2D eigenvalue weighted by Gasteiger charge is -2.18. The number of rotatable bonds is 3. The molecule has 0 saturated carbocycles. The van der Waals surface area contributed by atoms with Crippen molar-refractivity contribution in [2.75, 3.05) is 21.9 Å². The minimum atomic E-state index is -0.331. The number of anilines is 2. The van der Waals surface area contributed by atoms with E-state index in [-0.39, 0.29) is 10.9 Å². The van der Waals surface area contributed by atoms with Gasteiger partial charge in [0.15, 0.2) is 0 Å². The molecule has 0 bridgehead atoms. The normalized spacial score (nSPS) is 14.1. The number of hydrogen-bond donors (Lipinski definition) is 1. The van der Waals surface area contributed by atoms with Gasteiger partial charge in [-0.3, -0.25) is 4.79 Å². The third kappa shape index (κ3) is 4.14. The third-order valence-corrected chi connectivity index (χ3v) is 6.07. The summed E-state index contributed by atoms with van der Waals surface area (Å²) < 4.78 is 2.89. The molecule has 0 spiro atoms. The molecule has 8 heteroatoms. The minimum Gasteiger partial charge on any atom is -0.322 e.